The maximum atomic E-state index is 11.6. The van der Waals surface area contributed by atoms with Gasteiger partial charge in [0.2, 0.25) is 0 Å². The molecule has 1 heterocycles. The number of cyclic esters (lactones) is 1. The summed E-state index contributed by atoms with van der Waals surface area (Å²) in [5.41, 5.74) is 0. The molecule has 0 amide bonds. The van der Waals surface area contributed by atoms with Crippen molar-refractivity contribution in [2.75, 3.05) is 13.2 Å². The first kappa shape index (κ1) is 16.2. The third-order valence-electron chi connectivity index (χ3n) is 3.41. The summed E-state index contributed by atoms with van der Waals surface area (Å²) < 4.78 is 10.7. The van der Waals surface area contributed by atoms with E-state index < -0.39 is 6.10 Å². The van der Waals surface area contributed by atoms with Gasteiger partial charge in [0, 0.05) is 0 Å². The van der Waals surface area contributed by atoms with E-state index in [0.29, 0.717) is 13.2 Å². The van der Waals surface area contributed by atoms with Crippen LogP contribution in [-0.2, 0) is 14.3 Å². The van der Waals surface area contributed by atoms with Crippen molar-refractivity contribution >= 4 is 5.97 Å². The summed E-state index contributed by atoms with van der Waals surface area (Å²) >= 11 is 0. The van der Waals surface area contributed by atoms with E-state index in [1.54, 1.807) is 6.92 Å². The van der Waals surface area contributed by atoms with Crippen LogP contribution in [-0.4, -0.2) is 25.3 Å². The molecular weight excluding hydrogens is 240 g/mol. The SMILES string of the molecule is C[C@@H]1OCC/C=C\CCCCCCCCCOC1=O. The molecule has 19 heavy (non-hydrogen) atoms. The number of carbonyl (C=O) groups is 1. The van der Waals surface area contributed by atoms with Gasteiger partial charge in [-0.05, 0) is 32.6 Å². The molecule has 1 aliphatic rings. The summed E-state index contributed by atoms with van der Waals surface area (Å²) in [6.07, 6.45) is 14.6. The lowest BCUT2D eigenvalue weighted by Crippen LogP contribution is -2.24. The van der Waals surface area contributed by atoms with Gasteiger partial charge in [-0.3, -0.25) is 0 Å². The molecule has 0 saturated carbocycles. The third kappa shape index (κ3) is 8.82. The molecule has 1 rings (SSSR count). The highest BCUT2D eigenvalue weighted by Crippen LogP contribution is 2.10. The van der Waals surface area contributed by atoms with Crippen molar-refractivity contribution in [3.8, 4) is 0 Å². The molecule has 0 aromatic rings. The average Bonchev–Trinajstić information content (AvgIpc) is 2.41. The number of carbonyl (C=O) groups excluding carboxylic acids is 1. The summed E-state index contributed by atoms with van der Waals surface area (Å²) in [6, 6.07) is 0. The summed E-state index contributed by atoms with van der Waals surface area (Å²) in [5.74, 6) is -0.228. The number of allylic oxidation sites excluding steroid dienone is 1. The van der Waals surface area contributed by atoms with Gasteiger partial charge in [-0.15, -0.1) is 0 Å². The summed E-state index contributed by atoms with van der Waals surface area (Å²) in [5, 5.41) is 0. The van der Waals surface area contributed by atoms with E-state index in [9.17, 15) is 4.79 Å². The molecule has 0 bridgehead atoms. The van der Waals surface area contributed by atoms with Gasteiger partial charge >= 0.3 is 5.97 Å². The topological polar surface area (TPSA) is 35.5 Å². The van der Waals surface area contributed by atoms with Crippen molar-refractivity contribution in [1.82, 2.24) is 0 Å². The number of hydrogen-bond acceptors (Lipinski definition) is 3. The minimum Gasteiger partial charge on any atom is -0.464 e. The van der Waals surface area contributed by atoms with E-state index in [4.69, 9.17) is 9.47 Å². The average molecular weight is 268 g/mol. The molecule has 0 N–H and O–H groups in total. The zero-order valence-corrected chi connectivity index (χ0v) is 12.2. The molecule has 1 aliphatic heterocycles. The fraction of sp³-hybridized carbons (Fsp3) is 0.812. The molecule has 0 radical (unpaired) electrons. The van der Waals surface area contributed by atoms with E-state index in [1.807, 2.05) is 0 Å². The van der Waals surface area contributed by atoms with Gasteiger partial charge in [0.1, 0.15) is 0 Å². The predicted molar refractivity (Wildman–Crippen MR) is 77.1 cm³/mol. The Morgan fingerprint density at radius 3 is 2.32 bits per heavy atom. The van der Waals surface area contributed by atoms with Crippen LogP contribution in [0, 0.1) is 0 Å². The Balaban J connectivity index is 2.28. The Morgan fingerprint density at radius 1 is 0.895 bits per heavy atom. The van der Waals surface area contributed by atoms with Gasteiger partial charge in [0.05, 0.1) is 13.2 Å². The predicted octanol–water partition coefficient (Wildman–Crippen LogP) is 4.02. The quantitative estimate of drug-likeness (QED) is 0.492. The third-order valence-corrected chi connectivity index (χ3v) is 3.41. The van der Waals surface area contributed by atoms with Crippen molar-refractivity contribution in [2.45, 2.75) is 70.8 Å². The maximum Gasteiger partial charge on any atom is 0.334 e. The number of esters is 1. The highest BCUT2D eigenvalue weighted by atomic mass is 16.6. The summed E-state index contributed by atoms with van der Waals surface area (Å²) in [4.78, 5) is 11.6. The van der Waals surface area contributed by atoms with Gasteiger partial charge < -0.3 is 9.47 Å². The number of ether oxygens (including phenoxy) is 2. The van der Waals surface area contributed by atoms with Crippen molar-refractivity contribution in [3.05, 3.63) is 12.2 Å². The summed E-state index contributed by atoms with van der Waals surface area (Å²) in [6.45, 7) is 2.89. The lowest BCUT2D eigenvalue weighted by atomic mass is 10.1. The standard InChI is InChI=1S/C16H28O3/c1-15-16(17)19-14-12-10-8-6-4-2-3-5-7-9-11-13-18-15/h7,9,15H,2-6,8,10-14H2,1H3/b9-7-/t15-/m0/s1. The number of rotatable bonds is 0. The van der Waals surface area contributed by atoms with Crippen molar-refractivity contribution in [1.29, 1.82) is 0 Å². The van der Waals surface area contributed by atoms with E-state index in [1.165, 1.54) is 32.1 Å². The van der Waals surface area contributed by atoms with E-state index in [-0.39, 0.29) is 5.97 Å². The van der Waals surface area contributed by atoms with Gasteiger partial charge in [0.15, 0.2) is 6.10 Å². The zero-order valence-electron chi connectivity index (χ0n) is 12.2. The molecule has 3 nitrogen and oxygen atoms in total. The van der Waals surface area contributed by atoms with Crippen LogP contribution in [0.1, 0.15) is 64.7 Å². The Morgan fingerprint density at radius 2 is 1.53 bits per heavy atom. The minimum atomic E-state index is -0.441. The molecule has 1 atom stereocenters. The minimum absolute atomic E-state index is 0.228. The molecule has 3 heteroatoms. The summed E-state index contributed by atoms with van der Waals surface area (Å²) in [7, 11) is 0. The van der Waals surface area contributed by atoms with Crippen molar-refractivity contribution < 1.29 is 14.3 Å². The lowest BCUT2D eigenvalue weighted by Gasteiger charge is -2.11. The van der Waals surface area contributed by atoms with Crippen LogP contribution in [0.25, 0.3) is 0 Å². The Bertz CT molecular complexity index is 261. The maximum absolute atomic E-state index is 11.6. The molecule has 0 aromatic carbocycles. The second-order valence-corrected chi connectivity index (χ2v) is 5.20. The smallest absolute Gasteiger partial charge is 0.334 e. The van der Waals surface area contributed by atoms with Crippen LogP contribution < -0.4 is 0 Å². The molecule has 0 saturated heterocycles. The molecule has 0 aliphatic carbocycles. The number of hydrogen-bond donors (Lipinski definition) is 0. The fourth-order valence-electron chi connectivity index (χ4n) is 2.15. The monoisotopic (exact) mass is 268 g/mol. The van der Waals surface area contributed by atoms with E-state index in [0.717, 1.165) is 25.7 Å². The molecule has 0 unspecified atom stereocenters. The highest BCUT2D eigenvalue weighted by molar-refractivity contribution is 5.74. The second kappa shape index (κ2) is 11.0. The van der Waals surface area contributed by atoms with E-state index >= 15 is 0 Å². The largest absolute Gasteiger partial charge is 0.464 e. The molecule has 0 aromatic heterocycles. The van der Waals surface area contributed by atoms with Gasteiger partial charge in [0.25, 0.3) is 0 Å². The van der Waals surface area contributed by atoms with Gasteiger partial charge in [-0.1, -0.05) is 44.3 Å². The molecule has 0 fully saturated rings. The van der Waals surface area contributed by atoms with Gasteiger partial charge in [-0.25, -0.2) is 4.79 Å². The first-order valence-electron chi connectivity index (χ1n) is 7.74. The van der Waals surface area contributed by atoms with Crippen LogP contribution in [0.2, 0.25) is 0 Å². The van der Waals surface area contributed by atoms with Crippen molar-refractivity contribution in [2.24, 2.45) is 0 Å². The van der Waals surface area contributed by atoms with Crippen LogP contribution >= 0.6 is 0 Å². The molecular formula is C16H28O3. The molecule has 0 spiro atoms. The van der Waals surface area contributed by atoms with E-state index in [2.05, 4.69) is 12.2 Å². The second-order valence-electron chi connectivity index (χ2n) is 5.20. The Hall–Kier alpha value is -0.830. The first-order chi connectivity index (χ1) is 9.30. The Kier molecular flexibility index (Phi) is 9.42. The van der Waals surface area contributed by atoms with Crippen LogP contribution in [0.4, 0.5) is 0 Å². The van der Waals surface area contributed by atoms with Crippen LogP contribution in [0.5, 0.6) is 0 Å². The van der Waals surface area contributed by atoms with Crippen LogP contribution in [0.15, 0.2) is 12.2 Å². The van der Waals surface area contributed by atoms with Crippen molar-refractivity contribution in [3.63, 3.8) is 0 Å². The Labute approximate surface area is 117 Å². The normalized spacial score (nSPS) is 27.2. The van der Waals surface area contributed by atoms with Gasteiger partial charge in [-0.2, -0.15) is 0 Å². The van der Waals surface area contributed by atoms with Crippen LogP contribution in [0.3, 0.4) is 0 Å². The zero-order chi connectivity index (χ0) is 13.8. The lowest BCUT2D eigenvalue weighted by molar-refractivity contribution is -0.156. The highest BCUT2D eigenvalue weighted by Gasteiger charge is 2.13. The molecule has 110 valence electrons. The fourth-order valence-corrected chi connectivity index (χ4v) is 2.15. The first-order valence-corrected chi connectivity index (χ1v) is 7.74.